The molecule has 1 saturated heterocycles. The van der Waals surface area contributed by atoms with E-state index in [1.165, 1.54) is 5.56 Å². The molecule has 2 bridgehead atoms. The van der Waals surface area contributed by atoms with Crippen LogP contribution >= 0.6 is 12.4 Å². The Hall–Kier alpha value is -1.42. The van der Waals surface area contributed by atoms with Crippen LogP contribution in [-0.4, -0.2) is 70.7 Å². The maximum atomic E-state index is 12.7. The summed E-state index contributed by atoms with van der Waals surface area (Å²) in [6.07, 6.45) is 1.89. The van der Waals surface area contributed by atoms with E-state index in [0.717, 1.165) is 24.9 Å². The van der Waals surface area contributed by atoms with Gasteiger partial charge < -0.3 is 35.9 Å². The second-order valence-electron chi connectivity index (χ2n) is 7.44. The van der Waals surface area contributed by atoms with Crippen LogP contribution in [0, 0.1) is 0 Å². The minimum atomic E-state index is -0.900. The molecule has 154 valence electrons. The number of ether oxygens (including phenoxy) is 2. The first-order valence-corrected chi connectivity index (χ1v) is 8.35. The summed E-state index contributed by atoms with van der Waals surface area (Å²) in [4.78, 5) is 14.9. The summed E-state index contributed by atoms with van der Waals surface area (Å²) in [7, 11) is 3.70. The van der Waals surface area contributed by atoms with Gasteiger partial charge in [0.2, 0.25) is 0 Å². The monoisotopic (exact) mass is 405 g/mol. The molecule has 1 saturated carbocycles. The topological polar surface area (TPSA) is 154 Å². The molecular weight excluding hydrogens is 378 g/mol. The molecule has 2 fully saturated rings. The van der Waals surface area contributed by atoms with Crippen molar-refractivity contribution < 1.29 is 35.8 Å². The first kappa shape index (κ1) is 23.6. The Morgan fingerprint density at radius 2 is 1.96 bits per heavy atom. The van der Waals surface area contributed by atoms with Crippen molar-refractivity contribution >= 4 is 18.2 Å². The molecule has 2 aliphatic heterocycles. The van der Waals surface area contributed by atoms with Crippen molar-refractivity contribution in [1.29, 1.82) is 0 Å². The molecule has 1 spiro atoms. The Balaban J connectivity index is 0.000000911. The van der Waals surface area contributed by atoms with E-state index < -0.39 is 17.1 Å². The number of likely N-dealkylation sites (N-methyl/N-ethyl adjacent to an activating group) is 1. The molecule has 1 unspecified atom stereocenters. The summed E-state index contributed by atoms with van der Waals surface area (Å²) in [5, 5.41) is 11.7. The number of carbonyl (C=O) groups excluding carboxylic acids is 1. The van der Waals surface area contributed by atoms with Gasteiger partial charge in [0.25, 0.3) is 0 Å². The molecular formula is C18H28ClNO7. The molecule has 1 aromatic carbocycles. The molecule has 1 aromatic rings. The number of likely N-dealkylation sites (tertiary alicyclic amines) is 1. The van der Waals surface area contributed by atoms with Gasteiger partial charge in [-0.05, 0) is 44.5 Å². The van der Waals surface area contributed by atoms with Crippen LogP contribution in [0.15, 0.2) is 12.1 Å². The summed E-state index contributed by atoms with van der Waals surface area (Å²) in [5.41, 5.74) is 0.737. The fraction of sp³-hybridized carbons (Fsp3) is 0.611. The third kappa shape index (κ3) is 2.38. The number of aliphatic hydroxyl groups is 1. The molecule has 9 heteroatoms. The van der Waals surface area contributed by atoms with Crippen LogP contribution in [0.1, 0.15) is 30.4 Å². The molecule has 2 aliphatic carbocycles. The lowest BCUT2D eigenvalue weighted by Gasteiger charge is -2.62. The van der Waals surface area contributed by atoms with Gasteiger partial charge >= 0.3 is 0 Å². The lowest BCUT2D eigenvalue weighted by atomic mass is 9.49. The van der Waals surface area contributed by atoms with Crippen molar-refractivity contribution in [2.45, 2.75) is 48.8 Å². The molecule has 0 radical (unpaired) electrons. The van der Waals surface area contributed by atoms with E-state index in [0.29, 0.717) is 24.3 Å². The smallest absolute Gasteiger partial charge is 0.174 e. The first-order valence-electron chi connectivity index (χ1n) is 8.35. The van der Waals surface area contributed by atoms with Crippen molar-refractivity contribution in [2.75, 3.05) is 20.7 Å². The van der Waals surface area contributed by atoms with Crippen molar-refractivity contribution in [2.24, 2.45) is 0 Å². The Bertz CT molecular complexity index is 745. The summed E-state index contributed by atoms with van der Waals surface area (Å²) in [6.45, 7) is 0.871. The quantitative estimate of drug-likeness (QED) is 0.634. The number of piperidine rings is 1. The number of Topliss-reactive ketones (excluding diaryl/α,β-unsaturated/α-hetero) is 1. The molecule has 27 heavy (non-hydrogen) atoms. The highest BCUT2D eigenvalue weighted by molar-refractivity contribution is 5.90. The lowest BCUT2D eigenvalue weighted by molar-refractivity contribution is -0.185. The van der Waals surface area contributed by atoms with Crippen LogP contribution in [0.25, 0.3) is 0 Å². The predicted octanol–water partition coefficient (Wildman–Crippen LogP) is -1.00. The van der Waals surface area contributed by atoms with Crippen LogP contribution < -0.4 is 9.47 Å². The largest absolute Gasteiger partial charge is 0.493 e. The van der Waals surface area contributed by atoms with Gasteiger partial charge in [0.05, 0.1) is 18.1 Å². The first-order chi connectivity index (χ1) is 11.0. The van der Waals surface area contributed by atoms with Gasteiger partial charge in [0.1, 0.15) is 0 Å². The highest BCUT2D eigenvalue weighted by atomic mass is 35.5. The molecule has 4 atom stereocenters. The number of ketones is 1. The summed E-state index contributed by atoms with van der Waals surface area (Å²) in [5.74, 6) is 1.47. The Labute approximate surface area is 163 Å². The van der Waals surface area contributed by atoms with E-state index in [-0.39, 0.29) is 40.7 Å². The average Bonchev–Trinajstić information content (AvgIpc) is 2.90. The minimum Gasteiger partial charge on any atom is -0.493 e. The van der Waals surface area contributed by atoms with Gasteiger partial charge in [-0.1, -0.05) is 6.07 Å². The lowest BCUT2D eigenvalue weighted by Crippen LogP contribution is -2.76. The SMILES string of the molecule is COc1ccc2c3c1O[C@H]1C(=O)CCC4(O)[C@@H](C2)N(C)CC[C@]314.Cl.O.O.O. The van der Waals surface area contributed by atoms with Crippen LogP contribution in [0.5, 0.6) is 11.5 Å². The normalized spacial score (nSPS) is 34.6. The van der Waals surface area contributed by atoms with E-state index in [1.807, 2.05) is 6.07 Å². The maximum Gasteiger partial charge on any atom is 0.174 e. The predicted molar refractivity (Wildman–Crippen MR) is 101 cm³/mol. The highest BCUT2D eigenvalue weighted by Crippen LogP contribution is 2.64. The van der Waals surface area contributed by atoms with Crippen LogP contribution in [0.4, 0.5) is 0 Å². The number of methoxy groups -OCH3 is 1. The third-order valence-corrected chi connectivity index (χ3v) is 6.73. The van der Waals surface area contributed by atoms with E-state index in [1.54, 1.807) is 7.11 Å². The van der Waals surface area contributed by atoms with E-state index in [4.69, 9.17) is 9.47 Å². The minimum absolute atomic E-state index is 0. The van der Waals surface area contributed by atoms with Crippen molar-refractivity contribution in [3.05, 3.63) is 23.3 Å². The zero-order chi connectivity index (χ0) is 16.0. The molecule has 2 heterocycles. The summed E-state index contributed by atoms with van der Waals surface area (Å²) >= 11 is 0. The fourth-order valence-electron chi connectivity index (χ4n) is 5.69. The molecule has 7 N–H and O–H groups in total. The zero-order valence-corrected chi connectivity index (χ0v) is 16.2. The summed E-state index contributed by atoms with van der Waals surface area (Å²) in [6, 6.07) is 4.05. The Kier molecular flexibility index (Phi) is 6.29. The van der Waals surface area contributed by atoms with Gasteiger partial charge in [-0.25, -0.2) is 0 Å². The molecule has 5 rings (SSSR count). The van der Waals surface area contributed by atoms with Gasteiger partial charge in [0.15, 0.2) is 23.4 Å². The van der Waals surface area contributed by atoms with Crippen LogP contribution in [-0.2, 0) is 16.6 Å². The standard InChI is InChI=1S/C18H21NO4.ClH.3H2O/c1-19-8-7-17-14-10-3-4-12(22-2)15(14)23-16(17)11(20)5-6-18(17,21)13(19)9-10;;;;/h3-4,13,16,21H,5-9H2,1-2H3;1H;3*1H2/t13-,16+,17+,18?;;;;/m1..../s1. The van der Waals surface area contributed by atoms with Gasteiger partial charge in [0, 0.05) is 18.0 Å². The van der Waals surface area contributed by atoms with Gasteiger partial charge in [-0.3, -0.25) is 4.79 Å². The Morgan fingerprint density at radius 1 is 1.26 bits per heavy atom. The van der Waals surface area contributed by atoms with Gasteiger partial charge in [-0.15, -0.1) is 12.4 Å². The summed E-state index contributed by atoms with van der Waals surface area (Å²) < 4.78 is 11.6. The molecule has 0 aromatic heterocycles. The average molecular weight is 406 g/mol. The number of rotatable bonds is 1. The van der Waals surface area contributed by atoms with Crippen molar-refractivity contribution in [3.63, 3.8) is 0 Å². The van der Waals surface area contributed by atoms with Crippen LogP contribution in [0.2, 0.25) is 0 Å². The number of hydrogen-bond donors (Lipinski definition) is 1. The molecule has 8 nitrogen and oxygen atoms in total. The second-order valence-corrected chi connectivity index (χ2v) is 7.44. The molecule has 4 aliphatic rings. The molecule has 0 amide bonds. The van der Waals surface area contributed by atoms with E-state index in [2.05, 4.69) is 18.0 Å². The fourth-order valence-corrected chi connectivity index (χ4v) is 5.69. The van der Waals surface area contributed by atoms with Gasteiger partial charge in [-0.2, -0.15) is 0 Å². The Morgan fingerprint density at radius 3 is 2.63 bits per heavy atom. The number of carbonyl (C=O) groups is 1. The van der Waals surface area contributed by atoms with Crippen molar-refractivity contribution in [3.8, 4) is 11.5 Å². The number of benzene rings is 1. The van der Waals surface area contributed by atoms with E-state index >= 15 is 0 Å². The third-order valence-electron chi connectivity index (χ3n) is 6.73. The number of halogens is 1. The van der Waals surface area contributed by atoms with Crippen molar-refractivity contribution in [1.82, 2.24) is 4.90 Å². The van der Waals surface area contributed by atoms with Crippen LogP contribution in [0.3, 0.4) is 0 Å². The maximum absolute atomic E-state index is 12.7. The highest BCUT2D eigenvalue weighted by Gasteiger charge is 2.72. The zero-order valence-electron chi connectivity index (χ0n) is 15.4. The van der Waals surface area contributed by atoms with E-state index in [9.17, 15) is 9.90 Å². The number of nitrogens with zero attached hydrogens (tertiary/aromatic N) is 1. The second kappa shape index (κ2) is 7.20. The number of hydrogen-bond acceptors (Lipinski definition) is 5.